The van der Waals surface area contributed by atoms with E-state index in [0.29, 0.717) is 6.04 Å². The fourth-order valence-corrected chi connectivity index (χ4v) is 2.96. The summed E-state index contributed by atoms with van der Waals surface area (Å²) < 4.78 is 2.32. The fraction of sp³-hybridized carbons (Fsp3) is 0.235. The molecule has 0 aliphatic heterocycles. The summed E-state index contributed by atoms with van der Waals surface area (Å²) in [6.45, 7) is 0. The average Bonchev–Trinajstić information content (AvgIpc) is 2.76. The maximum absolute atomic E-state index is 6.13. The van der Waals surface area contributed by atoms with Gasteiger partial charge >= 0.3 is 29.6 Å². The van der Waals surface area contributed by atoms with Gasteiger partial charge in [0, 0.05) is 11.7 Å². The van der Waals surface area contributed by atoms with E-state index in [4.69, 9.17) is 16.5 Å². The van der Waals surface area contributed by atoms with Gasteiger partial charge in [-0.15, -0.1) is 6.07 Å². The van der Waals surface area contributed by atoms with E-state index in [-0.39, 0.29) is 29.6 Å². The molecule has 1 aliphatic rings. The van der Waals surface area contributed by atoms with Crippen LogP contribution in [-0.2, 0) is 0 Å². The van der Waals surface area contributed by atoms with Crippen LogP contribution >= 0.6 is 0 Å². The minimum atomic E-state index is 0. The van der Waals surface area contributed by atoms with Crippen LogP contribution in [-0.4, -0.2) is 9.55 Å². The summed E-state index contributed by atoms with van der Waals surface area (Å²) >= 11 is 0. The van der Waals surface area contributed by atoms with Crippen LogP contribution in [0, 0.1) is 6.07 Å². The first-order valence-electron chi connectivity index (χ1n) is 7.27. The monoisotopic (exact) mass is 300 g/mol. The Hall–Kier alpha value is -1.49. The molecule has 4 rings (SSSR count). The molecule has 0 radical (unpaired) electrons. The van der Waals surface area contributed by atoms with Crippen LogP contribution in [0.1, 0.15) is 25.3 Å². The Bertz CT molecular complexity index is 821. The molecule has 1 heterocycles. The van der Waals surface area contributed by atoms with E-state index in [1.807, 2.05) is 30.3 Å². The number of benzene rings is 2. The Kier molecular flexibility index (Phi) is 4.17. The first kappa shape index (κ1) is 15.4. The van der Waals surface area contributed by atoms with E-state index < -0.39 is 0 Å². The zero-order valence-electron chi connectivity index (χ0n) is 12.7. The van der Waals surface area contributed by atoms with E-state index in [1.54, 1.807) is 0 Å². The van der Waals surface area contributed by atoms with Crippen LogP contribution in [0.3, 0.4) is 0 Å². The summed E-state index contributed by atoms with van der Waals surface area (Å²) in [7, 11) is 0. The zero-order valence-corrected chi connectivity index (χ0v) is 14.7. The van der Waals surface area contributed by atoms with Crippen molar-refractivity contribution >= 4 is 22.4 Å². The molecule has 0 saturated heterocycles. The van der Waals surface area contributed by atoms with Crippen molar-refractivity contribution < 1.29 is 29.6 Å². The van der Waals surface area contributed by atoms with Crippen molar-refractivity contribution in [2.45, 2.75) is 25.3 Å². The molecule has 1 saturated carbocycles. The van der Waals surface area contributed by atoms with E-state index in [2.05, 4.69) is 16.7 Å². The zero-order chi connectivity index (χ0) is 14.4. The van der Waals surface area contributed by atoms with Crippen molar-refractivity contribution in [3.05, 3.63) is 42.5 Å². The third-order valence-electron chi connectivity index (χ3n) is 4.29. The molecule has 22 heavy (non-hydrogen) atoms. The number of hydrogen-bond donors (Lipinski definition) is 2. The first-order chi connectivity index (χ1) is 10.2. The summed E-state index contributed by atoms with van der Waals surface area (Å²) in [5, 5.41) is 0. The SMILES string of the molecule is Nc1ccc2c(c1)nc(-c1c[c-]ccc1N)n2C1CCC1.[Na+]. The number of imidazole rings is 1. The third-order valence-corrected chi connectivity index (χ3v) is 4.29. The number of aromatic nitrogens is 2. The molecule has 0 spiro atoms. The first-order valence-corrected chi connectivity index (χ1v) is 7.27. The van der Waals surface area contributed by atoms with Gasteiger partial charge in [-0.2, -0.15) is 18.2 Å². The van der Waals surface area contributed by atoms with Gasteiger partial charge in [-0.25, -0.2) is 4.98 Å². The minimum absolute atomic E-state index is 0. The second-order valence-corrected chi connectivity index (χ2v) is 5.65. The molecular weight excluding hydrogens is 283 g/mol. The molecule has 3 aromatic rings. The molecule has 0 unspecified atom stereocenters. The molecule has 1 aliphatic carbocycles. The number of nitrogens with zero attached hydrogens (tertiary/aromatic N) is 2. The molecular formula is C17H17N4Na. The molecule has 0 amide bonds. The van der Waals surface area contributed by atoms with Gasteiger partial charge in [0.2, 0.25) is 0 Å². The smallest absolute Gasteiger partial charge is 0.419 e. The number of nitrogen functional groups attached to an aromatic ring is 2. The van der Waals surface area contributed by atoms with Crippen molar-refractivity contribution in [3.8, 4) is 11.4 Å². The molecule has 5 heteroatoms. The summed E-state index contributed by atoms with van der Waals surface area (Å²) in [6.07, 6.45) is 3.66. The number of hydrogen-bond acceptors (Lipinski definition) is 3. The van der Waals surface area contributed by atoms with E-state index >= 15 is 0 Å². The quantitative estimate of drug-likeness (QED) is 0.409. The van der Waals surface area contributed by atoms with E-state index in [0.717, 1.165) is 33.8 Å². The van der Waals surface area contributed by atoms with Gasteiger partial charge in [0.1, 0.15) is 0 Å². The Labute approximate surface area is 151 Å². The van der Waals surface area contributed by atoms with Crippen molar-refractivity contribution in [1.82, 2.24) is 9.55 Å². The van der Waals surface area contributed by atoms with Gasteiger partial charge < -0.3 is 16.0 Å². The van der Waals surface area contributed by atoms with Crippen LogP contribution in [0.5, 0.6) is 0 Å². The molecule has 0 atom stereocenters. The van der Waals surface area contributed by atoms with Crippen LogP contribution < -0.4 is 41.0 Å². The standard InChI is InChI=1S/C17H17N4.Na/c18-11-8-9-16-15(10-11)20-17(21(16)12-4-3-5-12)13-6-1-2-7-14(13)19;/h2,6-10,12H,3-5,18-19H2;/q-1;+1. The number of nitrogens with two attached hydrogens (primary N) is 2. The van der Waals surface area contributed by atoms with Gasteiger partial charge in [-0.3, -0.25) is 0 Å². The second-order valence-electron chi connectivity index (χ2n) is 5.65. The second kappa shape index (κ2) is 5.95. The van der Waals surface area contributed by atoms with Gasteiger partial charge in [-0.1, -0.05) is 11.3 Å². The van der Waals surface area contributed by atoms with Crippen LogP contribution in [0.25, 0.3) is 22.4 Å². The van der Waals surface area contributed by atoms with Crippen molar-refractivity contribution in [3.63, 3.8) is 0 Å². The Balaban J connectivity index is 0.00000144. The summed E-state index contributed by atoms with van der Waals surface area (Å²) in [5.41, 5.74) is 16.5. The van der Waals surface area contributed by atoms with Crippen LogP contribution in [0.2, 0.25) is 0 Å². The van der Waals surface area contributed by atoms with Gasteiger partial charge in [0.15, 0.2) is 0 Å². The summed E-state index contributed by atoms with van der Waals surface area (Å²) in [6, 6.07) is 15.1. The normalized spacial score (nSPS) is 14.5. The maximum atomic E-state index is 6.13. The Morgan fingerprint density at radius 3 is 2.68 bits per heavy atom. The third kappa shape index (κ3) is 2.41. The van der Waals surface area contributed by atoms with Crippen molar-refractivity contribution in [2.75, 3.05) is 11.5 Å². The molecule has 0 bridgehead atoms. The predicted octanol–water partition coefficient (Wildman–Crippen LogP) is 0.397. The summed E-state index contributed by atoms with van der Waals surface area (Å²) in [5.74, 6) is 0.926. The molecule has 2 aromatic carbocycles. The summed E-state index contributed by atoms with van der Waals surface area (Å²) in [4.78, 5) is 4.79. The molecule has 1 fully saturated rings. The number of rotatable bonds is 2. The van der Waals surface area contributed by atoms with Gasteiger partial charge in [0.25, 0.3) is 0 Å². The number of anilines is 2. The topological polar surface area (TPSA) is 69.9 Å². The average molecular weight is 300 g/mol. The molecule has 1 aromatic heterocycles. The Morgan fingerprint density at radius 2 is 2.00 bits per heavy atom. The molecule has 106 valence electrons. The number of fused-ring (bicyclic) bond motifs is 1. The molecule has 4 nitrogen and oxygen atoms in total. The van der Waals surface area contributed by atoms with Crippen LogP contribution in [0.15, 0.2) is 36.4 Å². The predicted molar refractivity (Wildman–Crippen MR) is 85.7 cm³/mol. The van der Waals surface area contributed by atoms with Crippen LogP contribution in [0.4, 0.5) is 11.4 Å². The molecule has 4 N–H and O–H groups in total. The largest absolute Gasteiger partial charge is 1.00 e. The van der Waals surface area contributed by atoms with E-state index in [1.165, 1.54) is 19.3 Å². The minimum Gasteiger partial charge on any atom is -0.419 e. The van der Waals surface area contributed by atoms with Crippen molar-refractivity contribution in [2.24, 2.45) is 0 Å². The maximum Gasteiger partial charge on any atom is 1.00 e. The van der Waals surface area contributed by atoms with Gasteiger partial charge in [0.05, 0.1) is 16.9 Å². The van der Waals surface area contributed by atoms with E-state index in [9.17, 15) is 0 Å². The fourth-order valence-electron chi connectivity index (χ4n) is 2.96. The van der Waals surface area contributed by atoms with Gasteiger partial charge in [-0.05, 0) is 37.5 Å². The Morgan fingerprint density at radius 1 is 1.18 bits per heavy atom. The van der Waals surface area contributed by atoms with Crippen molar-refractivity contribution in [1.29, 1.82) is 0 Å².